The van der Waals surface area contributed by atoms with Crippen molar-refractivity contribution in [2.45, 2.75) is 39.2 Å². The highest BCUT2D eigenvalue weighted by atomic mass is 15.1. The van der Waals surface area contributed by atoms with E-state index in [2.05, 4.69) is 40.3 Å². The van der Waals surface area contributed by atoms with Crippen molar-refractivity contribution in [3.05, 3.63) is 36.5 Å². The Labute approximate surface area is 124 Å². The van der Waals surface area contributed by atoms with Gasteiger partial charge in [0.25, 0.3) is 0 Å². The van der Waals surface area contributed by atoms with Gasteiger partial charge in [0.2, 0.25) is 0 Å². The maximum absolute atomic E-state index is 4.08. The van der Waals surface area contributed by atoms with Gasteiger partial charge in [-0.2, -0.15) is 0 Å². The lowest BCUT2D eigenvalue weighted by Gasteiger charge is -2.26. The molecule has 0 N–H and O–H groups in total. The quantitative estimate of drug-likeness (QED) is 0.679. The van der Waals surface area contributed by atoms with Crippen LogP contribution in [-0.4, -0.2) is 47.5 Å². The van der Waals surface area contributed by atoms with Crippen molar-refractivity contribution >= 4 is 0 Å². The minimum Gasteiger partial charge on any atom is -0.303 e. The van der Waals surface area contributed by atoms with E-state index in [-0.39, 0.29) is 0 Å². The van der Waals surface area contributed by atoms with Gasteiger partial charge in [-0.25, -0.2) is 0 Å². The van der Waals surface area contributed by atoms with E-state index in [0.717, 1.165) is 13.1 Å². The van der Waals surface area contributed by atoms with Crippen molar-refractivity contribution in [1.29, 1.82) is 0 Å². The Morgan fingerprint density at radius 2 is 1.90 bits per heavy atom. The number of rotatable bonds is 8. The molecule has 0 aromatic carbocycles. The number of hydrogen-bond donors (Lipinski definition) is 0. The number of likely N-dealkylation sites (tertiary alicyclic amines) is 1. The fraction of sp³-hybridized carbons (Fsp3) is 0.647. The lowest BCUT2D eigenvalue weighted by atomic mass is 10.1. The second kappa shape index (κ2) is 9.09. The molecular formula is C17H28N3. The van der Waals surface area contributed by atoms with Crippen molar-refractivity contribution < 1.29 is 0 Å². The third-order valence-corrected chi connectivity index (χ3v) is 4.10. The van der Waals surface area contributed by atoms with Gasteiger partial charge in [-0.15, -0.1) is 0 Å². The minimum absolute atomic E-state index is 1.05. The molecule has 3 nitrogen and oxygen atoms in total. The van der Waals surface area contributed by atoms with Crippen molar-refractivity contribution in [1.82, 2.24) is 14.8 Å². The molecular weight excluding hydrogens is 246 g/mol. The highest BCUT2D eigenvalue weighted by Gasteiger charge is 2.09. The Kier molecular flexibility index (Phi) is 7.02. The largest absolute Gasteiger partial charge is 0.303 e. The van der Waals surface area contributed by atoms with Crippen LogP contribution in [0.1, 0.15) is 38.2 Å². The number of unbranched alkanes of at least 4 members (excludes halogenated alkanes) is 1. The van der Waals surface area contributed by atoms with E-state index in [1.54, 1.807) is 0 Å². The Morgan fingerprint density at radius 1 is 1.15 bits per heavy atom. The van der Waals surface area contributed by atoms with Crippen LogP contribution >= 0.6 is 0 Å². The first-order valence-electron chi connectivity index (χ1n) is 8.03. The van der Waals surface area contributed by atoms with Crippen LogP contribution in [0.25, 0.3) is 0 Å². The second-order valence-corrected chi connectivity index (χ2v) is 5.64. The summed E-state index contributed by atoms with van der Waals surface area (Å²) in [5.74, 6) is 0. The van der Waals surface area contributed by atoms with Crippen LogP contribution in [0.3, 0.4) is 0 Å². The zero-order valence-corrected chi connectivity index (χ0v) is 12.8. The SMILES string of the molecule is CCN(CCCCN1CC[CH]CC1)Cc1ccncc1. The predicted octanol–water partition coefficient (Wildman–Crippen LogP) is 2.98. The topological polar surface area (TPSA) is 19.4 Å². The number of aromatic nitrogens is 1. The fourth-order valence-electron chi connectivity index (χ4n) is 2.79. The van der Waals surface area contributed by atoms with Gasteiger partial charge in [-0.1, -0.05) is 6.92 Å². The number of hydrogen-bond acceptors (Lipinski definition) is 3. The van der Waals surface area contributed by atoms with Crippen molar-refractivity contribution in [2.24, 2.45) is 0 Å². The van der Waals surface area contributed by atoms with E-state index in [1.807, 2.05) is 12.4 Å². The zero-order chi connectivity index (χ0) is 14.0. The first-order chi connectivity index (χ1) is 9.88. The minimum atomic E-state index is 1.05. The molecule has 2 rings (SSSR count). The van der Waals surface area contributed by atoms with Crippen LogP contribution in [0.15, 0.2) is 24.5 Å². The molecule has 1 aliphatic rings. The molecule has 111 valence electrons. The van der Waals surface area contributed by atoms with Gasteiger partial charge >= 0.3 is 0 Å². The van der Waals surface area contributed by atoms with E-state index in [0.29, 0.717) is 0 Å². The standard InChI is InChI=1S/C17H28N3/c1-2-19(16-17-8-10-18-11-9-17)12-6-7-15-20-13-4-3-5-14-20/h3,8-11H,2,4-7,12-16H2,1H3. The lowest BCUT2D eigenvalue weighted by molar-refractivity contribution is 0.231. The van der Waals surface area contributed by atoms with Gasteiger partial charge in [0.05, 0.1) is 0 Å². The third kappa shape index (κ3) is 5.59. The molecule has 0 aliphatic carbocycles. The maximum Gasteiger partial charge on any atom is 0.0271 e. The molecule has 1 aromatic heterocycles. The third-order valence-electron chi connectivity index (χ3n) is 4.10. The molecule has 0 amide bonds. The highest BCUT2D eigenvalue weighted by Crippen LogP contribution is 2.09. The summed E-state index contributed by atoms with van der Waals surface area (Å²) < 4.78 is 0. The Bertz CT molecular complexity index is 347. The van der Waals surface area contributed by atoms with Gasteiger partial charge in [0.15, 0.2) is 0 Å². The van der Waals surface area contributed by atoms with Crippen LogP contribution in [0.5, 0.6) is 0 Å². The van der Waals surface area contributed by atoms with Crippen LogP contribution < -0.4 is 0 Å². The summed E-state index contributed by atoms with van der Waals surface area (Å²) in [4.78, 5) is 9.22. The molecule has 0 saturated carbocycles. The van der Waals surface area contributed by atoms with Crippen LogP contribution in [0.4, 0.5) is 0 Å². The summed E-state index contributed by atoms with van der Waals surface area (Å²) in [5, 5.41) is 0. The maximum atomic E-state index is 4.08. The molecule has 1 saturated heterocycles. The smallest absolute Gasteiger partial charge is 0.0271 e. The van der Waals surface area contributed by atoms with Gasteiger partial charge in [-0.05, 0) is 82.5 Å². The molecule has 1 aromatic rings. The van der Waals surface area contributed by atoms with Crippen molar-refractivity contribution in [3.63, 3.8) is 0 Å². The Balaban J connectivity index is 1.61. The van der Waals surface area contributed by atoms with Crippen LogP contribution in [0.2, 0.25) is 0 Å². The molecule has 1 radical (unpaired) electrons. The molecule has 3 heteroatoms. The molecule has 1 fully saturated rings. The van der Waals surface area contributed by atoms with Gasteiger partial charge in [0, 0.05) is 18.9 Å². The van der Waals surface area contributed by atoms with Crippen LogP contribution in [-0.2, 0) is 6.54 Å². The van der Waals surface area contributed by atoms with Crippen molar-refractivity contribution in [2.75, 3.05) is 32.7 Å². The van der Waals surface area contributed by atoms with Gasteiger partial charge < -0.3 is 4.90 Å². The molecule has 0 bridgehead atoms. The predicted molar refractivity (Wildman–Crippen MR) is 84.4 cm³/mol. The summed E-state index contributed by atoms with van der Waals surface area (Å²) in [6, 6.07) is 4.24. The Hall–Kier alpha value is -0.930. The van der Waals surface area contributed by atoms with E-state index in [9.17, 15) is 0 Å². The zero-order valence-electron chi connectivity index (χ0n) is 12.8. The average Bonchev–Trinajstić information content (AvgIpc) is 2.52. The van der Waals surface area contributed by atoms with Crippen molar-refractivity contribution in [3.8, 4) is 0 Å². The number of pyridine rings is 1. The van der Waals surface area contributed by atoms with E-state index < -0.39 is 0 Å². The normalized spacial score (nSPS) is 16.7. The molecule has 2 heterocycles. The second-order valence-electron chi connectivity index (χ2n) is 5.64. The van der Waals surface area contributed by atoms with E-state index >= 15 is 0 Å². The summed E-state index contributed by atoms with van der Waals surface area (Å²) in [7, 11) is 0. The molecule has 20 heavy (non-hydrogen) atoms. The molecule has 0 unspecified atom stereocenters. The summed E-state index contributed by atoms with van der Waals surface area (Å²) in [5.41, 5.74) is 1.37. The molecule has 0 atom stereocenters. The Morgan fingerprint density at radius 3 is 2.60 bits per heavy atom. The van der Waals surface area contributed by atoms with E-state index in [4.69, 9.17) is 0 Å². The average molecular weight is 274 g/mol. The summed E-state index contributed by atoms with van der Waals surface area (Å²) >= 11 is 0. The molecule has 1 aliphatic heterocycles. The van der Waals surface area contributed by atoms with E-state index in [1.165, 1.54) is 57.4 Å². The highest BCUT2D eigenvalue weighted by molar-refractivity contribution is 5.09. The monoisotopic (exact) mass is 274 g/mol. The summed E-state index contributed by atoms with van der Waals surface area (Å²) in [6.45, 7) is 9.46. The first-order valence-corrected chi connectivity index (χ1v) is 8.03. The fourth-order valence-corrected chi connectivity index (χ4v) is 2.79. The van der Waals surface area contributed by atoms with Crippen LogP contribution in [0, 0.1) is 6.42 Å². The molecule has 0 spiro atoms. The first kappa shape index (κ1) is 15.5. The lowest BCUT2D eigenvalue weighted by Crippen LogP contribution is -2.31. The van der Waals surface area contributed by atoms with Gasteiger partial charge in [-0.3, -0.25) is 9.88 Å². The summed E-state index contributed by atoms with van der Waals surface area (Å²) in [6.07, 6.45) is 11.4. The number of piperidine rings is 1. The van der Waals surface area contributed by atoms with Gasteiger partial charge in [0.1, 0.15) is 0 Å². The number of nitrogens with zero attached hydrogens (tertiary/aromatic N) is 3.